The molecule has 7 heteroatoms. The Hall–Kier alpha value is -1.92. The summed E-state index contributed by atoms with van der Waals surface area (Å²) in [5.41, 5.74) is 7.37. The Kier molecular flexibility index (Phi) is 6.17. The molecule has 0 atom stereocenters. The average Bonchev–Trinajstić information content (AvgIpc) is 2.91. The first-order chi connectivity index (χ1) is 12.7. The molecular formula is C20H28ClN5O. The summed E-state index contributed by atoms with van der Waals surface area (Å²) >= 11 is 0. The molecule has 2 heterocycles. The third-order valence-corrected chi connectivity index (χ3v) is 5.69. The summed E-state index contributed by atoms with van der Waals surface area (Å²) in [6, 6.07) is 7.86. The maximum absolute atomic E-state index is 12.7. The zero-order chi connectivity index (χ0) is 18.0. The van der Waals surface area contributed by atoms with E-state index in [2.05, 4.69) is 20.1 Å². The minimum absolute atomic E-state index is 0. The summed E-state index contributed by atoms with van der Waals surface area (Å²) < 4.78 is 2.22. The minimum atomic E-state index is -0.736. The average molecular weight is 390 g/mol. The van der Waals surface area contributed by atoms with Gasteiger partial charge in [0.2, 0.25) is 5.91 Å². The van der Waals surface area contributed by atoms with Crippen molar-refractivity contribution >= 4 is 24.0 Å². The number of nitrogens with one attached hydrogen (secondary N) is 1. The number of aromatic nitrogens is 3. The van der Waals surface area contributed by atoms with Gasteiger partial charge >= 0.3 is 0 Å². The van der Waals surface area contributed by atoms with E-state index in [4.69, 9.17) is 5.73 Å². The normalized spacial score (nSPS) is 18.7. The Morgan fingerprint density at radius 3 is 2.67 bits per heavy atom. The molecule has 146 valence electrons. The lowest BCUT2D eigenvalue weighted by atomic mass is 9.82. The molecule has 0 radical (unpaired) electrons. The Morgan fingerprint density at radius 2 is 1.85 bits per heavy atom. The number of amides is 1. The van der Waals surface area contributed by atoms with Crippen molar-refractivity contribution in [1.82, 2.24) is 14.8 Å². The second-order valence-electron chi connectivity index (χ2n) is 7.65. The molecule has 1 aliphatic carbocycles. The van der Waals surface area contributed by atoms with Gasteiger partial charge in [-0.3, -0.25) is 4.79 Å². The molecule has 4 rings (SSSR count). The van der Waals surface area contributed by atoms with Gasteiger partial charge in [-0.05, 0) is 37.8 Å². The van der Waals surface area contributed by atoms with Crippen molar-refractivity contribution < 1.29 is 4.79 Å². The molecule has 1 aromatic carbocycles. The summed E-state index contributed by atoms with van der Waals surface area (Å²) in [6.45, 7) is 0.958. The van der Waals surface area contributed by atoms with Gasteiger partial charge in [0, 0.05) is 24.2 Å². The molecule has 27 heavy (non-hydrogen) atoms. The predicted molar refractivity (Wildman–Crippen MR) is 109 cm³/mol. The summed E-state index contributed by atoms with van der Waals surface area (Å²) in [5.74, 6) is 1.88. The van der Waals surface area contributed by atoms with Crippen molar-refractivity contribution in [2.45, 2.75) is 69.9 Å². The molecule has 0 saturated heterocycles. The number of halogens is 1. The van der Waals surface area contributed by atoms with Gasteiger partial charge in [0.05, 0.1) is 5.54 Å². The molecule has 6 nitrogen and oxygen atoms in total. The van der Waals surface area contributed by atoms with Crippen LogP contribution in [0, 0.1) is 0 Å². The summed E-state index contributed by atoms with van der Waals surface area (Å²) in [5, 5.41) is 11.8. The van der Waals surface area contributed by atoms with Crippen molar-refractivity contribution in [3.05, 3.63) is 30.1 Å². The van der Waals surface area contributed by atoms with Gasteiger partial charge < -0.3 is 15.6 Å². The number of carbonyl (C=O) groups excluding carboxylic acids is 1. The lowest BCUT2D eigenvalue weighted by molar-refractivity contribution is -0.122. The van der Waals surface area contributed by atoms with E-state index in [1.165, 1.54) is 19.3 Å². The fourth-order valence-corrected chi connectivity index (χ4v) is 4.10. The number of anilines is 1. The van der Waals surface area contributed by atoms with E-state index < -0.39 is 5.54 Å². The maximum atomic E-state index is 12.7. The number of hydrogen-bond donors (Lipinski definition) is 2. The Labute approximate surface area is 166 Å². The molecular weight excluding hydrogens is 362 g/mol. The second kappa shape index (κ2) is 8.40. The van der Waals surface area contributed by atoms with Crippen LogP contribution in [0.25, 0.3) is 11.4 Å². The predicted octanol–water partition coefficient (Wildman–Crippen LogP) is 3.69. The van der Waals surface area contributed by atoms with Crippen LogP contribution >= 0.6 is 12.4 Å². The van der Waals surface area contributed by atoms with Crippen molar-refractivity contribution in [3.8, 4) is 11.4 Å². The quantitative estimate of drug-likeness (QED) is 0.838. The van der Waals surface area contributed by atoms with E-state index in [-0.39, 0.29) is 18.3 Å². The van der Waals surface area contributed by atoms with Gasteiger partial charge in [0.25, 0.3) is 0 Å². The van der Waals surface area contributed by atoms with Crippen molar-refractivity contribution in [2.75, 3.05) is 5.32 Å². The number of carbonyl (C=O) groups is 1. The highest BCUT2D eigenvalue weighted by atomic mass is 35.5. The molecule has 2 aromatic rings. The fourth-order valence-electron chi connectivity index (χ4n) is 4.10. The first-order valence-electron chi connectivity index (χ1n) is 9.79. The molecule has 0 spiro atoms. The van der Waals surface area contributed by atoms with Gasteiger partial charge in [-0.1, -0.05) is 37.8 Å². The molecule has 1 fully saturated rings. The molecule has 1 aliphatic heterocycles. The summed E-state index contributed by atoms with van der Waals surface area (Å²) in [7, 11) is 0. The smallest absolute Gasteiger partial charge is 0.244 e. The summed E-state index contributed by atoms with van der Waals surface area (Å²) in [4.78, 5) is 12.7. The standard InChI is InChI=1S/C20H27N5O.ClH/c21-20(11-4-2-5-12-20)19(26)22-16-9-7-8-15(14-16)18-24-23-17-10-3-1-6-13-25(17)18;/h7-9,14H,1-6,10-13,21H2,(H,22,26);1H. The monoisotopic (exact) mass is 389 g/mol. The van der Waals surface area contributed by atoms with Crippen LogP contribution in [0.3, 0.4) is 0 Å². The molecule has 1 aromatic heterocycles. The van der Waals surface area contributed by atoms with Crippen LogP contribution in [0.4, 0.5) is 5.69 Å². The number of hydrogen-bond acceptors (Lipinski definition) is 4. The van der Waals surface area contributed by atoms with E-state index in [1.54, 1.807) is 0 Å². The van der Waals surface area contributed by atoms with Crippen molar-refractivity contribution in [3.63, 3.8) is 0 Å². The Balaban J connectivity index is 0.00000210. The first kappa shape index (κ1) is 19.8. The van der Waals surface area contributed by atoms with Crippen molar-refractivity contribution in [2.24, 2.45) is 5.73 Å². The molecule has 2 aliphatic rings. The van der Waals surface area contributed by atoms with Gasteiger partial charge in [-0.15, -0.1) is 22.6 Å². The van der Waals surface area contributed by atoms with E-state index in [0.29, 0.717) is 0 Å². The molecule has 3 N–H and O–H groups in total. The van der Waals surface area contributed by atoms with Gasteiger partial charge in [0.1, 0.15) is 5.82 Å². The van der Waals surface area contributed by atoms with Gasteiger partial charge in [0.15, 0.2) is 5.82 Å². The van der Waals surface area contributed by atoms with Crippen LogP contribution in [0.15, 0.2) is 24.3 Å². The molecule has 1 amide bonds. The number of benzene rings is 1. The largest absolute Gasteiger partial charge is 0.324 e. The number of aryl methyl sites for hydroxylation is 1. The highest BCUT2D eigenvalue weighted by molar-refractivity contribution is 5.98. The lowest BCUT2D eigenvalue weighted by Gasteiger charge is -2.31. The van der Waals surface area contributed by atoms with Crippen LogP contribution < -0.4 is 11.1 Å². The third-order valence-electron chi connectivity index (χ3n) is 5.69. The second-order valence-corrected chi connectivity index (χ2v) is 7.65. The third kappa shape index (κ3) is 4.17. The number of nitrogens with two attached hydrogens (primary N) is 1. The fraction of sp³-hybridized carbons (Fsp3) is 0.550. The van der Waals surface area contributed by atoms with Crippen LogP contribution in [-0.4, -0.2) is 26.2 Å². The zero-order valence-electron chi connectivity index (χ0n) is 15.6. The van der Waals surface area contributed by atoms with E-state index >= 15 is 0 Å². The minimum Gasteiger partial charge on any atom is -0.324 e. The van der Waals surface area contributed by atoms with E-state index in [9.17, 15) is 4.79 Å². The highest BCUT2D eigenvalue weighted by Crippen LogP contribution is 2.29. The van der Waals surface area contributed by atoms with Crippen LogP contribution in [0.1, 0.15) is 57.2 Å². The van der Waals surface area contributed by atoms with Gasteiger partial charge in [-0.25, -0.2) is 0 Å². The van der Waals surface area contributed by atoms with E-state index in [0.717, 1.165) is 68.0 Å². The molecule has 1 saturated carbocycles. The van der Waals surface area contributed by atoms with Crippen LogP contribution in [0.5, 0.6) is 0 Å². The number of fused-ring (bicyclic) bond motifs is 1. The number of nitrogens with zero attached hydrogens (tertiary/aromatic N) is 3. The van der Waals surface area contributed by atoms with Crippen LogP contribution in [0.2, 0.25) is 0 Å². The van der Waals surface area contributed by atoms with Crippen molar-refractivity contribution in [1.29, 1.82) is 0 Å². The topological polar surface area (TPSA) is 85.8 Å². The maximum Gasteiger partial charge on any atom is 0.244 e. The first-order valence-corrected chi connectivity index (χ1v) is 9.79. The van der Waals surface area contributed by atoms with E-state index in [1.807, 2.05) is 24.3 Å². The SMILES string of the molecule is Cl.NC1(C(=O)Nc2cccc(-c3nnc4n3CCCCC4)c2)CCCCC1. The van der Waals surface area contributed by atoms with Crippen LogP contribution in [-0.2, 0) is 17.8 Å². The number of rotatable bonds is 3. The molecule has 0 unspecified atom stereocenters. The Morgan fingerprint density at radius 1 is 1.07 bits per heavy atom. The Bertz CT molecular complexity index is 797. The lowest BCUT2D eigenvalue weighted by Crippen LogP contribution is -2.52. The highest BCUT2D eigenvalue weighted by Gasteiger charge is 2.35. The molecule has 0 bridgehead atoms. The van der Waals surface area contributed by atoms with Gasteiger partial charge in [-0.2, -0.15) is 0 Å². The summed E-state index contributed by atoms with van der Waals surface area (Å²) in [6.07, 6.45) is 9.28. The zero-order valence-corrected chi connectivity index (χ0v) is 16.4.